The summed E-state index contributed by atoms with van der Waals surface area (Å²) >= 11 is 0. The number of nitriles is 1. The topological polar surface area (TPSA) is 95.2 Å². The van der Waals surface area contributed by atoms with E-state index in [1.54, 1.807) is 6.07 Å². The van der Waals surface area contributed by atoms with Gasteiger partial charge >= 0.3 is 5.97 Å². The Kier molecular flexibility index (Phi) is 2.08. The van der Waals surface area contributed by atoms with E-state index in [4.69, 9.17) is 10.4 Å². The van der Waals surface area contributed by atoms with Crippen LogP contribution in [0.1, 0.15) is 12.8 Å². The first-order valence-corrected chi connectivity index (χ1v) is 5.59. The highest BCUT2D eigenvalue weighted by atomic mass is 32.2. The quantitative estimate of drug-likeness (QED) is 0.684. The Morgan fingerprint density at radius 3 is 2.54 bits per heavy atom. The molecule has 0 radical (unpaired) electrons. The van der Waals surface area contributed by atoms with Gasteiger partial charge in [0.05, 0.1) is 23.2 Å². The molecule has 1 fully saturated rings. The Bertz CT molecular complexity index is 380. The summed E-state index contributed by atoms with van der Waals surface area (Å²) in [6.07, 6.45) is 0.786. The number of rotatable bonds is 3. The molecule has 13 heavy (non-hydrogen) atoms. The van der Waals surface area contributed by atoms with Gasteiger partial charge in [0, 0.05) is 6.26 Å². The molecular weight excluding hydrogens is 194 g/mol. The Labute approximate surface area is 75.9 Å². The van der Waals surface area contributed by atoms with E-state index in [9.17, 15) is 13.2 Å². The highest BCUT2D eigenvalue weighted by molar-refractivity contribution is 7.91. The van der Waals surface area contributed by atoms with Crippen molar-refractivity contribution in [2.75, 3.05) is 6.26 Å². The van der Waals surface area contributed by atoms with Crippen LogP contribution in [0.2, 0.25) is 0 Å². The van der Waals surface area contributed by atoms with Crippen molar-refractivity contribution in [3.05, 3.63) is 0 Å². The number of carboxylic acid groups (broad SMARTS) is 1. The highest BCUT2D eigenvalue weighted by Gasteiger charge is 2.61. The monoisotopic (exact) mass is 203 g/mol. The molecule has 0 amide bonds. The lowest BCUT2D eigenvalue weighted by Gasteiger charge is -2.02. The number of sulfone groups is 1. The molecule has 0 bridgehead atoms. The third-order valence-corrected chi connectivity index (χ3v) is 3.86. The summed E-state index contributed by atoms with van der Waals surface area (Å²) in [5, 5.41) is 16.3. The molecule has 0 heterocycles. The van der Waals surface area contributed by atoms with E-state index in [-0.39, 0.29) is 12.8 Å². The van der Waals surface area contributed by atoms with Gasteiger partial charge in [-0.15, -0.1) is 0 Å². The van der Waals surface area contributed by atoms with Crippen molar-refractivity contribution in [2.24, 2.45) is 5.41 Å². The zero-order valence-corrected chi connectivity index (χ0v) is 7.84. The normalized spacial score (nSPS) is 32.2. The molecule has 72 valence electrons. The molecule has 6 heteroatoms. The molecular formula is C7H9NO4S. The van der Waals surface area contributed by atoms with Crippen LogP contribution in [-0.2, 0) is 14.6 Å². The van der Waals surface area contributed by atoms with Crippen molar-refractivity contribution >= 4 is 15.8 Å². The van der Waals surface area contributed by atoms with Crippen LogP contribution in [0.15, 0.2) is 0 Å². The van der Waals surface area contributed by atoms with E-state index in [0.29, 0.717) is 0 Å². The fourth-order valence-corrected chi connectivity index (χ4v) is 3.00. The van der Waals surface area contributed by atoms with Crippen LogP contribution in [0, 0.1) is 16.7 Å². The summed E-state index contributed by atoms with van der Waals surface area (Å²) in [7, 11) is -3.28. The van der Waals surface area contributed by atoms with Crippen LogP contribution in [0.5, 0.6) is 0 Å². The second-order valence-electron chi connectivity index (χ2n) is 3.36. The predicted molar refractivity (Wildman–Crippen MR) is 43.5 cm³/mol. The predicted octanol–water partition coefficient (Wildman–Crippen LogP) is -0.212. The first-order chi connectivity index (χ1) is 5.82. The van der Waals surface area contributed by atoms with E-state index in [2.05, 4.69) is 0 Å². The fraction of sp³-hybridized carbons (Fsp3) is 0.714. The Morgan fingerprint density at radius 2 is 2.31 bits per heavy atom. The highest BCUT2D eigenvalue weighted by Crippen LogP contribution is 2.52. The molecule has 1 saturated carbocycles. The number of nitrogens with zero attached hydrogens (tertiary/aromatic N) is 1. The van der Waals surface area contributed by atoms with E-state index in [0.717, 1.165) is 6.26 Å². The minimum absolute atomic E-state index is 0.147. The minimum atomic E-state index is -3.28. The van der Waals surface area contributed by atoms with E-state index < -0.39 is 26.5 Å². The third kappa shape index (κ3) is 1.80. The van der Waals surface area contributed by atoms with Gasteiger partial charge in [0.2, 0.25) is 0 Å². The average Bonchev–Trinajstić information content (AvgIpc) is 2.62. The molecule has 1 aliphatic rings. The Morgan fingerprint density at radius 1 is 1.77 bits per heavy atom. The van der Waals surface area contributed by atoms with Crippen molar-refractivity contribution in [1.82, 2.24) is 0 Å². The maximum atomic E-state index is 11.0. The van der Waals surface area contributed by atoms with Crippen molar-refractivity contribution in [1.29, 1.82) is 5.26 Å². The summed E-state index contributed by atoms with van der Waals surface area (Å²) < 4.78 is 22.0. The summed E-state index contributed by atoms with van der Waals surface area (Å²) in [5.41, 5.74) is -1.17. The molecule has 2 atom stereocenters. The zero-order chi connectivity index (χ0) is 10.3. The van der Waals surface area contributed by atoms with Gasteiger partial charge in [0.1, 0.15) is 0 Å². The molecule has 0 aromatic carbocycles. The first kappa shape index (κ1) is 9.99. The molecule has 0 saturated heterocycles. The summed E-state index contributed by atoms with van der Waals surface area (Å²) in [4.78, 5) is 10.3. The molecule has 0 spiro atoms. The smallest absolute Gasteiger partial charge is 0.305 e. The van der Waals surface area contributed by atoms with E-state index >= 15 is 0 Å². The Hall–Kier alpha value is -1.09. The lowest BCUT2D eigenvalue weighted by molar-refractivity contribution is -0.137. The molecule has 0 aromatic heterocycles. The van der Waals surface area contributed by atoms with Gasteiger partial charge in [0.15, 0.2) is 9.84 Å². The average molecular weight is 203 g/mol. The fourth-order valence-electron chi connectivity index (χ4n) is 1.45. The zero-order valence-electron chi connectivity index (χ0n) is 7.02. The number of carboxylic acids is 1. The minimum Gasteiger partial charge on any atom is -0.481 e. The lowest BCUT2D eigenvalue weighted by Crippen LogP contribution is -2.16. The van der Waals surface area contributed by atoms with Crippen LogP contribution in [0.25, 0.3) is 0 Å². The second-order valence-corrected chi connectivity index (χ2v) is 5.59. The van der Waals surface area contributed by atoms with Gasteiger partial charge in [-0.25, -0.2) is 8.42 Å². The number of carbonyl (C=O) groups is 1. The SMILES string of the molecule is CS(=O)(=O)[C@H]1C[C@]1(C#N)CC(=O)O. The van der Waals surface area contributed by atoms with Crippen molar-refractivity contribution < 1.29 is 18.3 Å². The number of aliphatic carboxylic acids is 1. The van der Waals surface area contributed by atoms with Crippen LogP contribution in [-0.4, -0.2) is 31.0 Å². The summed E-state index contributed by atoms with van der Waals surface area (Å²) in [6.45, 7) is 0. The van der Waals surface area contributed by atoms with Crippen molar-refractivity contribution in [3.8, 4) is 6.07 Å². The van der Waals surface area contributed by atoms with Gasteiger partial charge in [-0.1, -0.05) is 0 Å². The first-order valence-electron chi connectivity index (χ1n) is 3.64. The maximum absolute atomic E-state index is 11.0. The van der Waals surface area contributed by atoms with Crippen molar-refractivity contribution in [2.45, 2.75) is 18.1 Å². The molecule has 0 aliphatic heterocycles. The molecule has 5 nitrogen and oxygen atoms in total. The summed E-state index contributed by atoms with van der Waals surface area (Å²) in [5.74, 6) is -1.13. The number of hydrogen-bond acceptors (Lipinski definition) is 4. The summed E-state index contributed by atoms with van der Waals surface area (Å²) in [6, 6.07) is 1.78. The Balaban J connectivity index is 2.83. The van der Waals surface area contributed by atoms with Crippen LogP contribution in [0.3, 0.4) is 0 Å². The second kappa shape index (κ2) is 2.70. The molecule has 0 aromatic rings. The van der Waals surface area contributed by atoms with Gasteiger partial charge in [-0.3, -0.25) is 4.79 Å². The van der Waals surface area contributed by atoms with Gasteiger partial charge < -0.3 is 5.11 Å². The van der Waals surface area contributed by atoms with Gasteiger partial charge in [-0.05, 0) is 6.42 Å². The maximum Gasteiger partial charge on any atom is 0.305 e. The molecule has 1 aliphatic carbocycles. The molecule has 0 unspecified atom stereocenters. The largest absolute Gasteiger partial charge is 0.481 e. The van der Waals surface area contributed by atoms with Crippen LogP contribution in [0.4, 0.5) is 0 Å². The van der Waals surface area contributed by atoms with Gasteiger partial charge in [0.25, 0.3) is 0 Å². The van der Waals surface area contributed by atoms with Crippen LogP contribution >= 0.6 is 0 Å². The molecule has 1 N–H and O–H groups in total. The van der Waals surface area contributed by atoms with Crippen LogP contribution < -0.4 is 0 Å². The van der Waals surface area contributed by atoms with Crippen molar-refractivity contribution in [3.63, 3.8) is 0 Å². The third-order valence-electron chi connectivity index (χ3n) is 2.21. The van der Waals surface area contributed by atoms with E-state index in [1.807, 2.05) is 0 Å². The molecule has 1 rings (SSSR count). The van der Waals surface area contributed by atoms with E-state index in [1.165, 1.54) is 0 Å². The number of hydrogen-bond donors (Lipinski definition) is 1. The van der Waals surface area contributed by atoms with Gasteiger partial charge in [-0.2, -0.15) is 5.26 Å². The lowest BCUT2D eigenvalue weighted by atomic mass is 10.1. The standard InChI is InChI=1S/C7H9NO4S/c1-13(11,12)5-2-7(5,4-8)3-6(9)10/h5H,2-3H2,1H3,(H,9,10)/t5-,7+/m0/s1.